The van der Waals surface area contributed by atoms with Gasteiger partial charge in [-0.2, -0.15) is 0 Å². The van der Waals surface area contributed by atoms with E-state index in [0.717, 1.165) is 37.5 Å². The molecule has 1 saturated carbocycles. The van der Waals surface area contributed by atoms with Crippen molar-refractivity contribution in [2.45, 2.75) is 50.4 Å². The molecule has 3 nitrogen and oxygen atoms in total. The number of para-hydroxylation sites is 1. The number of hydrogen-bond acceptors (Lipinski definition) is 2. The zero-order chi connectivity index (χ0) is 15.0. The number of rotatable bonds is 2. The zero-order valence-electron chi connectivity index (χ0n) is 13.3. The second-order valence-corrected chi connectivity index (χ2v) is 7.39. The third kappa shape index (κ3) is 2.36. The van der Waals surface area contributed by atoms with Crippen LogP contribution in [0.1, 0.15) is 50.5 Å². The Morgan fingerprint density at radius 2 is 1.82 bits per heavy atom. The molecule has 2 heterocycles. The lowest BCUT2D eigenvalue weighted by atomic mass is 9.73. The van der Waals surface area contributed by atoms with Crippen molar-refractivity contribution >= 4 is 11.6 Å². The van der Waals surface area contributed by atoms with Gasteiger partial charge in [0.1, 0.15) is 0 Å². The Hall–Kier alpha value is -1.35. The predicted molar refractivity (Wildman–Crippen MR) is 89.0 cm³/mol. The lowest BCUT2D eigenvalue weighted by Gasteiger charge is -2.39. The minimum absolute atomic E-state index is 0.228. The third-order valence-corrected chi connectivity index (χ3v) is 6.08. The van der Waals surface area contributed by atoms with Crippen molar-refractivity contribution in [3.8, 4) is 0 Å². The zero-order valence-corrected chi connectivity index (χ0v) is 13.3. The van der Waals surface area contributed by atoms with E-state index >= 15 is 0 Å². The molecule has 0 radical (unpaired) electrons. The minimum Gasteiger partial charge on any atom is -0.325 e. The van der Waals surface area contributed by atoms with Gasteiger partial charge in [0.05, 0.1) is 5.41 Å². The maximum Gasteiger partial charge on any atom is 0.235 e. The van der Waals surface area contributed by atoms with Crippen LogP contribution >= 0.6 is 0 Å². The largest absolute Gasteiger partial charge is 0.325 e. The number of carbonyl (C=O) groups excluding carboxylic acids is 1. The van der Waals surface area contributed by atoms with Gasteiger partial charge in [-0.05, 0) is 56.3 Å². The smallest absolute Gasteiger partial charge is 0.235 e. The lowest BCUT2D eigenvalue weighted by Crippen LogP contribution is -2.47. The molecule has 1 spiro atoms. The van der Waals surface area contributed by atoms with Crippen LogP contribution in [0.2, 0.25) is 0 Å². The molecule has 0 bridgehead atoms. The van der Waals surface area contributed by atoms with Gasteiger partial charge in [0, 0.05) is 12.2 Å². The van der Waals surface area contributed by atoms with Gasteiger partial charge in [0.25, 0.3) is 0 Å². The van der Waals surface area contributed by atoms with Gasteiger partial charge in [-0.1, -0.05) is 37.5 Å². The quantitative estimate of drug-likeness (QED) is 0.905. The molecule has 1 aliphatic carbocycles. The predicted octanol–water partition coefficient (Wildman–Crippen LogP) is 3.55. The van der Waals surface area contributed by atoms with Crippen LogP contribution in [-0.4, -0.2) is 30.4 Å². The van der Waals surface area contributed by atoms with Gasteiger partial charge in [0.15, 0.2) is 0 Å². The van der Waals surface area contributed by atoms with Crippen LogP contribution in [0.3, 0.4) is 0 Å². The van der Waals surface area contributed by atoms with E-state index in [9.17, 15) is 4.79 Å². The Morgan fingerprint density at radius 1 is 1.09 bits per heavy atom. The summed E-state index contributed by atoms with van der Waals surface area (Å²) >= 11 is 0. The molecule has 1 N–H and O–H groups in total. The second-order valence-electron chi connectivity index (χ2n) is 7.39. The molecular formula is C19H26N2O. The monoisotopic (exact) mass is 298 g/mol. The number of hydrogen-bond donors (Lipinski definition) is 1. The molecule has 22 heavy (non-hydrogen) atoms. The van der Waals surface area contributed by atoms with Crippen LogP contribution < -0.4 is 5.32 Å². The molecule has 0 aromatic heterocycles. The summed E-state index contributed by atoms with van der Waals surface area (Å²) in [5.74, 6) is 1.12. The van der Waals surface area contributed by atoms with Gasteiger partial charge in [-0.25, -0.2) is 0 Å². The highest BCUT2D eigenvalue weighted by Crippen LogP contribution is 2.44. The molecule has 2 aliphatic heterocycles. The van der Waals surface area contributed by atoms with Gasteiger partial charge in [-0.3, -0.25) is 4.79 Å². The van der Waals surface area contributed by atoms with E-state index in [2.05, 4.69) is 22.3 Å². The Bertz CT molecular complexity index is 554. The highest BCUT2D eigenvalue weighted by Gasteiger charge is 2.48. The first-order valence-electron chi connectivity index (χ1n) is 8.91. The van der Waals surface area contributed by atoms with Crippen molar-refractivity contribution < 1.29 is 4.79 Å². The first-order valence-corrected chi connectivity index (χ1v) is 8.91. The summed E-state index contributed by atoms with van der Waals surface area (Å²) < 4.78 is 0. The SMILES string of the molecule is O=C1Nc2ccccc2C12CCN(CC1CCCCC1)CC2. The van der Waals surface area contributed by atoms with Crippen molar-refractivity contribution in [1.29, 1.82) is 0 Å². The fraction of sp³-hybridized carbons (Fsp3) is 0.632. The summed E-state index contributed by atoms with van der Waals surface area (Å²) in [4.78, 5) is 15.2. The standard InChI is InChI=1S/C19H26N2O/c22-18-19(16-8-4-5-9-17(16)20-18)10-12-21(13-11-19)14-15-6-2-1-3-7-15/h4-5,8-9,15H,1-3,6-7,10-14H2,(H,20,22). The normalized spacial score (nSPS) is 25.2. The molecule has 1 amide bonds. The maximum atomic E-state index is 12.6. The van der Waals surface area contributed by atoms with Crippen LogP contribution in [0.25, 0.3) is 0 Å². The first kappa shape index (κ1) is 14.3. The van der Waals surface area contributed by atoms with E-state index in [-0.39, 0.29) is 11.3 Å². The van der Waals surface area contributed by atoms with Gasteiger partial charge in [0.2, 0.25) is 5.91 Å². The molecule has 3 heteroatoms. The fourth-order valence-corrected chi connectivity index (χ4v) is 4.72. The van der Waals surface area contributed by atoms with Crippen molar-refractivity contribution in [3.05, 3.63) is 29.8 Å². The summed E-state index contributed by atoms with van der Waals surface area (Å²) in [7, 11) is 0. The summed E-state index contributed by atoms with van der Waals surface area (Å²) in [6, 6.07) is 8.26. The first-order chi connectivity index (χ1) is 10.8. The number of fused-ring (bicyclic) bond motifs is 2. The summed E-state index contributed by atoms with van der Waals surface area (Å²) in [5, 5.41) is 3.10. The molecule has 1 aromatic rings. The van der Waals surface area contributed by atoms with Crippen LogP contribution in [0.15, 0.2) is 24.3 Å². The number of piperidine rings is 1. The fourth-order valence-electron chi connectivity index (χ4n) is 4.72. The second kappa shape index (κ2) is 5.69. The lowest BCUT2D eigenvalue weighted by molar-refractivity contribution is -0.122. The Kier molecular flexibility index (Phi) is 3.69. The molecule has 2 fully saturated rings. The Balaban J connectivity index is 1.44. The highest BCUT2D eigenvalue weighted by atomic mass is 16.2. The number of anilines is 1. The van der Waals surface area contributed by atoms with Gasteiger partial charge < -0.3 is 10.2 Å². The summed E-state index contributed by atoms with van der Waals surface area (Å²) in [6.45, 7) is 3.38. The minimum atomic E-state index is -0.250. The molecule has 1 aromatic carbocycles. The number of nitrogens with zero attached hydrogens (tertiary/aromatic N) is 1. The number of amides is 1. The van der Waals surface area contributed by atoms with E-state index in [1.54, 1.807) is 0 Å². The number of carbonyl (C=O) groups is 1. The molecule has 0 unspecified atom stereocenters. The molecule has 4 rings (SSSR count). The molecular weight excluding hydrogens is 272 g/mol. The molecule has 118 valence electrons. The summed E-state index contributed by atoms with van der Waals surface area (Å²) in [6.07, 6.45) is 9.02. The third-order valence-electron chi connectivity index (χ3n) is 6.08. The van der Waals surface area contributed by atoms with E-state index in [1.165, 1.54) is 44.2 Å². The highest BCUT2D eigenvalue weighted by molar-refractivity contribution is 6.06. The van der Waals surface area contributed by atoms with Crippen LogP contribution in [0, 0.1) is 5.92 Å². The van der Waals surface area contributed by atoms with E-state index in [1.807, 2.05) is 12.1 Å². The number of benzene rings is 1. The van der Waals surface area contributed by atoms with Crippen LogP contribution in [0.5, 0.6) is 0 Å². The molecule has 0 atom stereocenters. The average Bonchev–Trinajstić information content (AvgIpc) is 2.83. The Morgan fingerprint density at radius 3 is 2.59 bits per heavy atom. The van der Waals surface area contributed by atoms with Gasteiger partial charge >= 0.3 is 0 Å². The van der Waals surface area contributed by atoms with Crippen molar-refractivity contribution in [2.75, 3.05) is 25.0 Å². The van der Waals surface area contributed by atoms with Crippen molar-refractivity contribution in [3.63, 3.8) is 0 Å². The van der Waals surface area contributed by atoms with Crippen LogP contribution in [-0.2, 0) is 10.2 Å². The van der Waals surface area contributed by atoms with Crippen LogP contribution in [0.4, 0.5) is 5.69 Å². The number of nitrogens with one attached hydrogen (secondary N) is 1. The molecule has 3 aliphatic rings. The average molecular weight is 298 g/mol. The summed E-state index contributed by atoms with van der Waals surface area (Å²) in [5.41, 5.74) is 2.02. The van der Waals surface area contributed by atoms with Crippen molar-refractivity contribution in [1.82, 2.24) is 4.90 Å². The number of likely N-dealkylation sites (tertiary alicyclic amines) is 1. The van der Waals surface area contributed by atoms with Crippen molar-refractivity contribution in [2.24, 2.45) is 5.92 Å². The Labute approximate surface area is 133 Å². The topological polar surface area (TPSA) is 32.3 Å². The maximum absolute atomic E-state index is 12.6. The van der Waals surface area contributed by atoms with Gasteiger partial charge in [-0.15, -0.1) is 0 Å². The molecule has 1 saturated heterocycles. The van der Waals surface area contributed by atoms with E-state index in [0.29, 0.717) is 0 Å². The van der Waals surface area contributed by atoms with E-state index in [4.69, 9.17) is 0 Å². The van der Waals surface area contributed by atoms with E-state index < -0.39 is 0 Å².